The van der Waals surface area contributed by atoms with Gasteiger partial charge in [-0.05, 0) is 13.3 Å². The maximum Gasteiger partial charge on any atom is 0.248 e. The number of methoxy groups -OCH3 is 2. The number of nitrogens with one attached hydrogen (secondary N) is 1. The van der Waals surface area contributed by atoms with Crippen LogP contribution in [0.4, 0.5) is 5.69 Å². The number of hydrogen-bond donors (Lipinski definition) is 1. The van der Waals surface area contributed by atoms with E-state index in [4.69, 9.17) is 21.1 Å². The molecule has 24 heavy (non-hydrogen) atoms. The van der Waals surface area contributed by atoms with Crippen molar-refractivity contribution in [2.24, 2.45) is 0 Å². The van der Waals surface area contributed by atoms with Crippen molar-refractivity contribution in [1.29, 1.82) is 0 Å². The molecule has 1 aromatic carbocycles. The lowest BCUT2D eigenvalue weighted by Crippen LogP contribution is -2.48. The molecule has 2 saturated heterocycles. The van der Waals surface area contributed by atoms with E-state index in [0.717, 1.165) is 6.42 Å². The first-order valence-corrected chi connectivity index (χ1v) is 8.94. The highest BCUT2D eigenvalue weighted by Gasteiger charge is 2.52. The molecule has 2 heterocycles. The molecule has 6 nitrogen and oxygen atoms in total. The minimum atomic E-state index is -0.487. The van der Waals surface area contributed by atoms with Gasteiger partial charge in [-0.1, -0.05) is 11.6 Å². The van der Waals surface area contributed by atoms with Crippen LogP contribution in [0.2, 0.25) is 5.02 Å². The normalized spacial score (nSPS) is 25.6. The van der Waals surface area contributed by atoms with Gasteiger partial charge in [0.25, 0.3) is 0 Å². The number of carbonyl (C=O) groups excluding carboxylic acids is 2. The van der Waals surface area contributed by atoms with Crippen LogP contribution in [-0.4, -0.2) is 47.6 Å². The molecule has 0 radical (unpaired) electrons. The first kappa shape index (κ1) is 17.2. The zero-order valence-electron chi connectivity index (χ0n) is 13.7. The summed E-state index contributed by atoms with van der Waals surface area (Å²) in [5.74, 6) is 1.33. The monoisotopic (exact) mass is 370 g/mol. The Morgan fingerprint density at radius 3 is 2.71 bits per heavy atom. The highest BCUT2D eigenvalue weighted by atomic mass is 35.5. The van der Waals surface area contributed by atoms with Crippen molar-refractivity contribution in [3.8, 4) is 11.5 Å². The van der Waals surface area contributed by atoms with E-state index in [1.165, 1.54) is 14.2 Å². The van der Waals surface area contributed by atoms with Crippen LogP contribution in [0.3, 0.4) is 0 Å². The van der Waals surface area contributed by atoms with Crippen molar-refractivity contribution < 1.29 is 19.1 Å². The van der Waals surface area contributed by atoms with Crippen molar-refractivity contribution in [2.75, 3.05) is 25.3 Å². The van der Waals surface area contributed by atoms with Crippen molar-refractivity contribution in [3.63, 3.8) is 0 Å². The Kier molecular flexibility index (Phi) is 4.57. The Hall–Kier alpha value is -1.60. The van der Waals surface area contributed by atoms with Crippen molar-refractivity contribution in [1.82, 2.24) is 4.90 Å². The quantitative estimate of drug-likeness (QED) is 0.882. The third-order valence-corrected chi connectivity index (χ3v) is 6.30. The second-order valence-electron chi connectivity index (χ2n) is 5.94. The summed E-state index contributed by atoms with van der Waals surface area (Å²) in [6, 6.07) is 2.72. The molecule has 8 heteroatoms. The van der Waals surface area contributed by atoms with E-state index in [2.05, 4.69) is 5.32 Å². The number of fused-ring (bicyclic) bond motifs is 1. The van der Waals surface area contributed by atoms with Crippen molar-refractivity contribution in [3.05, 3.63) is 17.2 Å². The smallest absolute Gasteiger partial charge is 0.248 e. The van der Waals surface area contributed by atoms with Crippen LogP contribution in [0.15, 0.2) is 12.1 Å². The third kappa shape index (κ3) is 2.80. The van der Waals surface area contributed by atoms with Gasteiger partial charge in [-0.25, -0.2) is 0 Å². The molecule has 1 N–H and O–H groups in total. The zero-order valence-corrected chi connectivity index (χ0v) is 15.3. The number of amides is 2. The molecule has 0 bridgehead atoms. The molecular weight excluding hydrogens is 352 g/mol. The van der Waals surface area contributed by atoms with E-state index >= 15 is 0 Å². The molecule has 2 aliphatic heterocycles. The van der Waals surface area contributed by atoms with E-state index in [-0.39, 0.29) is 16.7 Å². The predicted molar refractivity (Wildman–Crippen MR) is 93.9 cm³/mol. The molecule has 3 rings (SSSR count). The summed E-state index contributed by atoms with van der Waals surface area (Å²) in [7, 11) is 3.03. The lowest BCUT2D eigenvalue weighted by atomic mass is 10.2. The molecule has 1 aromatic rings. The predicted octanol–water partition coefficient (Wildman–Crippen LogP) is 2.75. The fraction of sp³-hybridized carbons (Fsp3) is 0.500. The van der Waals surface area contributed by atoms with E-state index in [9.17, 15) is 9.59 Å². The summed E-state index contributed by atoms with van der Waals surface area (Å²) in [6.45, 7) is 2.01. The van der Waals surface area contributed by atoms with Gasteiger partial charge in [0, 0.05) is 24.3 Å². The van der Waals surface area contributed by atoms with E-state index in [1.54, 1.807) is 28.8 Å². The Morgan fingerprint density at radius 1 is 1.38 bits per heavy atom. The van der Waals surface area contributed by atoms with Gasteiger partial charge in [-0.2, -0.15) is 0 Å². The topological polar surface area (TPSA) is 67.9 Å². The highest BCUT2D eigenvalue weighted by molar-refractivity contribution is 8.01. The van der Waals surface area contributed by atoms with Crippen LogP contribution >= 0.6 is 23.4 Å². The van der Waals surface area contributed by atoms with Crippen molar-refractivity contribution >= 4 is 40.9 Å². The SMILES string of the molecule is COc1cc(Cl)c(NC(=O)[C@H]2CS[C@]3(C)CCC(=O)N23)cc1OC. The number of nitrogens with zero attached hydrogens (tertiary/aromatic N) is 1. The first-order chi connectivity index (χ1) is 11.4. The molecule has 0 aliphatic carbocycles. The van der Waals surface area contributed by atoms with Crippen LogP contribution < -0.4 is 14.8 Å². The van der Waals surface area contributed by atoms with Crippen LogP contribution in [0.25, 0.3) is 0 Å². The first-order valence-electron chi connectivity index (χ1n) is 7.58. The Balaban J connectivity index is 1.82. The van der Waals surface area contributed by atoms with E-state index in [1.807, 2.05) is 6.92 Å². The van der Waals surface area contributed by atoms with Gasteiger partial charge < -0.3 is 19.7 Å². The number of rotatable bonds is 4. The standard InChI is InChI=1S/C16H19ClN2O4S/c1-16-5-4-14(20)19(16)11(8-24-16)15(21)18-10-7-13(23-3)12(22-2)6-9(10)17/h6-7,11H,4-5,8H2,1-3H3,(H,18,21)/t11-,16-/m1/s1. The minimum absolute atomic E-state index is 0.0288. The van der Waals surface area contributed by atoms with Gasteiger partial charge in [0.05, 0.1) is 29.8 Å². The molecule has 2 atom stereocenters. The van der Waals surface area contributed by atoms with Crippen LogP contribution in [0.1, 0.15) is 19.8 Å². The average molecular weight is 371 g/mol. The molecular formula is C16H19ClN2O4S. The van der Waals surface area contributed by atoms with Gasteiger partial charge in [0.2, 0.25) is 11.8 Å². The molecule has 2 amide bonds. The lowest BCUT2D eigenvalue weighted by molar-refractivity contribution is -0.135. The van der Waals surface area contributed by atoms with Crippen LogP contribution in [-0.2, 0) is 9.59 Å². The number of carbonyl (C=O) groups is 2. The molecule has 2 aliphatic rings. The number of ether oxygens (including phenoxy) is 2. The maximum atomic E-state index is 12.7. The summed E-state index contributed by atoms with van der Waals surface area (Å²) in [6.07, 6.45) is 1.27. The number of thioether (sulfide) groups is 1. The average Bonchev–Trinajstić information content (AvgIpc) is 3.05. The van der Waals surface area contributed by atoms with Gasteiger partial charge in [0.1, 0.15) is 6.04 Å². The Bertz CT molecular complexity index is 699. The van der Waals surface area contributed by atoms with E-state index in [0.29, 0.717) is 34.4 Å². The molecule has 0 saturated carbocycles. The fourth-order valence-electron chi connectivity index (χ4n) is 3.18. The molecule has 0 spiro atoms. The van der Waals surface area contributed by atoms with Crippen LogP contribution in [0.5, 0.6) is 11.5 Å². The highest BCUT2D eigenvalue weighted by Crippen LogP contribution is 2.47. The molecule has 2 fully saturated rings. The molecule has 0 unspecified atom stereocenters. The summed E-state index contributed by atoms with van der Waals surface area (Å²) >= 11 is 7.87. The minimum Gasteiger partial charge on any atom is -0.493 e. The van der Waals surface area contributed by atoms with Crippen molar-refractivity contribution in [2.45, 2.75) is 30.7 Å². The number of halogens is 1. The van der Waals surface area contributed by atoms with Gasteiger partial charge in [0.15, 0.2) is 11.5 Å². The van der Waals surface area contributed by atoms with Crippen LogP contribution in [0, 0.1) is 0 Å². The summed E-state index contributed by atoms with van der Waals surface area (Å²) in [5.41, 5.74) is 0.435. The van der Waals surface area contributed by atoms with Gasteiger partial charge >= 0.3 is 0 Å². The summed E-state index contributed by atoms with van der Waals surface area (Å²) in [5, 5.41) is 3.16. The number of benzene rings is 1. The molecule has 0 aromatic heterocycles. The number of hydrogen-bond acceptors (Lipinski definition) is 5. The fourth-order valence-corrected chi connectivity index (χ4v) is 4.81. The Labute approximate surface area is 149 Å². The van der Waals surface area contributed by atoms with Gasteiger partial charge in [-0.15, -0.1) is 11.8 Å². The second-order valence-corrected chi connectivity index (χ2v) is 7.85. The lowest BCUT2D eigenvalue weighted by Gasteiger charge is -2.30. The Morgan fingerprint density at radius 2 is 2.04 bits per heavy atom. The van der Waals surface area contributed by atoms with Gasteiger partial charge in [-0.3, -0.25) is 9.59 Å². The third-order valence-electron chi connectivity index (χ3n) is 4.48. The zero-order chi connectivity index (χ0) is 17.5. The number of anilines is 1. The van der Waals surface area contributed by atoms with E-state index < -0.39 is 6.04 Å². The molecule has 130 valence electrons. The summed E-state index contributed by atoms with van der Waals surface area (Å²) in [4.78, 5) is 26.3. The second kappa shape index (κ2) is 6.37. The maximum absolute atomic E-state index is 12.7. The summed E-state index contributed by atoms with van der Waals surface area (Å²) < 4.78 is 10.4. The largest absolute Gasteiger partial charge is 0.493 e.